The molecule has 0 spiro atoms. The summed E-state index contributed by atoms with van der Waals surface area (Å²) in [4.78, 5) is 12.1. The molecule has 1 amide bonds. The second-order valence-corrected chi connectivity index (χ2v) is 7.96. The molecule has 10 heteroatoms. The van der Waals surface area contributed by atoms with E-state index in [0.717, 1.165) is 18.4 Å². The van der Waals surface area contributed by atoms with E-state index in [1.54, 1.807) is 0 Å². The lowest BCUT2D eigenvalue weighted by atomic mass is 10.2. The summed E-state index contributed by atoms with van der Waals surface area (Å²) >= 11 is 5.92. The molecule has 0 aliphatic heterocycles. The summed E-state index contributed by atoms with van der Waals surface area (Å²) in [5.74, 6) is -0.379. The number of benzene rings is 2. The maximum atomic E-state index is 12.5. The minimum atomic E-state index is -4.42. The average molecular weight is 422 g/mol. The molecule has 0 atom stereocenters. The van der Waals surface area contributed by atoms with Crippen LogP contribution in [-0.4, -0.2) is 33.7 Å². The largest absolute Gasteiger partial charge is 0.492 e. The third-order valence-electron chi connectivity index (χ3n) is 3.45. The molecule has 2 aromatic carbocycles. The van der Waals surface area contributed by atoms with E-state index in [1.165, 1.54) is 30.3 Å². The van der Waals surface area contributed by atoms with Crippen LogP contribution < -0.4 is 10.1 Å². The quantitative estimate of drug-likeness (QED) is 0.724. The van der Waals surface area contributed by atoms with Crippen LogP contribution in [0.25, 0.3) is 0 Å². The third kappa shape index (κ3) is 5.86. The third-order valence-corrected chi connectivity index (χ3v) is 4.89. The van der Waals surface area contributed by atoms with Crippen molar-refractivity contribution in [1.82, 2.24) is 5.32 Å². The van der Waals surface area contributed by atoms with Crippen LogP contribution in [0.5, 0.6) is 5.75 Å². The van der Waals surface area contributed by atoms with E-state index in [9.17, 15) is 26.4 Å². The van der Waals surface area contributed by atoms with Crippen molar-refractivity contribution >= 4 is 27.3 Å². The zero-order valence-electron chi connectivity index (χ0n) is 14.0. The van der Waals surface area contributed by atoms with Crippen LogP contribution in [0.4, 0.5) is 13.2 Å². The molecule has 0 bridgehead atoms. The molecule has 0 aliphatic rings. The Bertz CT molecular complexity index is 928. The molecule has 0 heterocycles. The summed E-state index contributed by atoms with van der Waals surface area (Å²) < 4.78 is 65.8. The normalized spacial score (nSPS) is 11.9. The Hall–Kier alpha value is -2.26. The Balaban J connectivity index is 1.91. The first-order valence-electron chi connectivity index (χ1n) is 7.56. The highest BCUT2D eigenvalue weighted by atomic mass is 35.5. The number of amides is 1. The van der Waals surface area contributed by atoms with Gasteiger partial charge in [-0.1, -0.05) is 11.6 Å². The van der Waals surface area contributed by atoms with Crippen LogP contribution in [-0.2, 0) is 16.0 Å². The number of hydrogen-bond acceptors (Lipinski definition) is 4. The molecule has 0 saturated heterocycles. The maximum Gasteiger partial charge on any atom is 0.416 e. The van der Waals surface area contributed by atoms with Crippen LogP contribution in [0.2, 0.25) is 5.02 Å². The smallest absolute Gasteiger partial charge is 0.416 e. The highest BCUT2D eigenvalue weighted by Crippen LogP contribution is 2.30. The molecule has 0 unspecified atom stereocenters. The summed E-state index contributed by atoms with van der Waals surface area (Å²) in [6.07, 6.45) is -3.41. The van der Waals surface area contributed by atoms with Crippen LogP contribution in [0.3, 0.4) is 0 Å². The van der Waals surface area contributed by atoms with Crippen molar-refractivity contribution in [3.63, 3.8) is 0 Å². The van der Waals surface area contributed by atoms with Crippen molar-refractivity contribution in [2.75, 3.05) is 19.4 Å². The van der Waals surface area contributed by atoms with E-state index >= 15 is 0 Å². The lowest BCUT2D eigenvalue weighted by molar-refractivity contribution is -0.137. The van der Waals surface area contributed by atoms with Gasteiger partial charge in [0.25, 0.3) is 5.91 Å². The highest BCUT2D eigenvalue weighted by molar-refractivity contribution is 7.90. The van der Waals surface area contributed by atoms with Gasteiger partial charge in [0, 0.05) is 6.26 Å². The first-order chi connectivity index (χ1) is 12.5. The van der Waals surface area contributed by atoms with Gasteiger partial charge in [0.15, 0.2) is 9.84 Å². The Morgan fingerprint density at radius 2 is 1.78 bits per heavy atom. The number of sulfone groups is 1. The van der Waals surface area contributed by atoms with Gasteiger partial charge >= 0.3 is 6.18 Å². The minimum Gasteiger partial charge on any atom is -0.492 e. The topological polar surface area (TPSA) is 72.5 Å². The molecule has 0 saturated carbocycles. The van der Waals surface area contributed by atoms with Crippen molar-refractivity contribution in [2.45, 2.75) is 11.1 Å². The van der Waals surface area contributed by atoms with E-state index in [1.807, 2.05) is 0 Å². The van der Waals surface area contributed by atoms with E-state index in [0.29, 0.717) is 0 Å². The molecule has 0 radical (unpaired) electrons. The van der Waals surface area contributed by atoms with E-state index < -0.39 is 27.5 Å². The van der Waals surface area contributed by atoms with Crippen molar-refractivity contribution in [3.05, 3.63) is 58.6 Å². The van der Waals surface area contributed by atoms with E-state index in [2.05, 4.69) is 5.32 Å². The molecule has 2 aromatic rings. The molecular formula is C17H15ClF3NO4S. The second-order valence-electron chi connectivity index (χ2n) is 5.54. The van der Waals surface area contributed by atoms with Crippen molar-refractivity contribution in [1.29, 1.82) is 0 Å². The standard InChI is InChI=1S/C17H15ClF3NO4S/c1-27(24,25)13-6-7-15(18)14(10-13)16(23)22-8-9-26-12-4-2-11(3-5-12)17(19,20)21/h2-7,10H,8-9H2,1H3,(H,22,23). The predicted octanol–water partition coefficient (Wildman–Crippen LogP) is 3.57. The molecule has 0 aromatic heterocycles. The Kier molecular flexibility index (Phi) is 6.38. The van der Waals surface area contributed by atoms with Crippen molar-refractivity contribution in [3.8, 4) is 5.75 Å². The number of carbonyl (C=O) groups excluding carboxylic acids is 1. The minimum absolute atomic E-state index is 0.000487. The van der Waals surface area contributed by atoms with Crippen molar-refractivity contribution in [2.24, 2.45) is 0 Å². The number of rotatable bonds is 6. The highest BCUT2D eigenvalue weighted by Gasteiger charge is 2.30. The van der Waals surface area contributed by atoms with E-state index in [-0.39, 0.29) is 34.4 Å². The fourth-order valence-electron chi connectivity index (χ4n) is 2.08. The number of ether oxygens (including phenoxy) is 1. The maximum absolute atomic E-state index is 12.5. The number of carbonyl (C=O) groups is 1. The first-order valence-corrected chi connectivity index (χ1v) is 9.83. The van der Waals surface area contributed by atoms with Crippen LogP contribution in [0.1, 0.15) is 15.9 Å². The molecule has 146 valence electrons. The van der Waals surface area contributed by atoms with Gasteiger partial charge in [-0.05, 0) is 42.5 Å². The van der Waals surface area contributed by atoms with Crippen LogP contribution in [0.15, 0.2) is 47.4 Å². The zero-order chi connectivity index (χ0) is 20.2. The molecular weight excluding hydrogens is 407 g/mol. The number of nitrogens with one attached hydrogen (secondary N) is 1. The zero-order valence-corrected chi connectivity index (χ0v) is 15.6. The monoisotopic (exact) mass is 421 g/mol. The van der Waals surface area contributed by atoms with Gasteiger partial charge in [-0.3, -0.25) is 4.79 Å². The predicted molar refractivity (Wildman–Crippen MR) is 93.8 cm³/mol. The fourth-order valence-corrected chi connectivity index (χ4v) is 2.93. The van der Waals surface area contributed by atoms with E-state index in [4.69, 9.17) is 16.3 Å². The lowest BCUT2D eigenvalue weighted by Gasteiger charge is -2.11. The van der Waals surface area contributed by atoms with Gasteiger partial charge in [-0.15, -0.1) is 0 Å². The van der Waals surface area contributed by atoms with Gasteiger partial charge < -0.3 is 10.1 Å². The summed E-state index contributed by atoms with van der Waals surface area (Å²) in [6, 6.07) is 7.92. The Morgan fingerprint density at radius 3 is 2.33 bits per heavy atom. The van der Waals surface area contributed by atoms with Gasteiger partial charge in [0.2, 0.25) is 0 Å². The molecule has 0 aliphatic carbocycles. The first kappa shape index (κ1) is 21.0. The summed E-state index contributed by atoms with van der Waals surface area (Å²) in [5, 5.41) is 2.59. The van der Waals surface area contributed by atoms with Gasteiger partial charge in [0.05, 0.1) is 27.6 Å². The molecule has 0 fully saturated rings. The number of halogens is 4. The SMILES string of the molecule is CS(=O)(=O)c1ccc(Cl)c(C(=O)NCCOc2ccc(C(F)(F)F)cc2)c1. The average Bonchev–Trinajstić information content (AvgIpc) is 2.57. The molecule has 1 N–H and O–H groups in total. The Labute approximate surface area is 159 Å². The van der Waals surface area contributed by atoms with Gasteiger partial charge in [0.1, 0.15) is 12.4 Å². The molecule has 27 heavy (non-hydrogen) atoms. The van der Waals surface area contributed by atoms with Gasteiger partial charge in [-0.25, -0.2) is 8.42 Å². The summed E-state index contributed by atoms with van der Waals surface area (Å²) in [7, 11) is -3.49. The molecule has 2 rings (SSSR count). The van der Waals surface area contributed by atoms with Gasteiger partial charge in [-0.2, -0.15) is 13.2 Å². The number of alkyl halides is 3. The fraction of sp³-hybridized carbons (Fsp3) is 0.235. The van der Waals surface area contributed by atoms with Crippen LogP contribution >= 0.6 is 11.6 Å². The lowest BCUT2D eigenvalue weighted by Crippen LogP contribution is -2.28. The second kappa shape index (κ2) is 8.18. The Morgan fingerprint density at radius 1 is 1.15 bits per heavy atom. The van der Waals surface area contributed by atoms with Crippen LogP contribution in [0, 0.1) is 0 Å². The van der Waals surface area contributed by atoms with Crippen molar-refractivity contribution < 1.29 is 31.1 Å². The molecule has 5 nitrogen and oxygen atoms in total. The summed E-state index contributed by atoms with van der Waals surface area (Å²) in [5.41, 5.74) is -0.794. The number of hydrogen-bond donors (Lipinski definition) is 1. The summed E-state index contributed by atoms with van der Waals surface area (Å²) in [6.45, 7) is 0.0414.